The van der Waals surface area contributed by atoms with Crippen LogP contribution in [0.25, 0.3) is 17.2 Å². The smallest absolute Gasteiger partial charge is 0.0440 e. The third-order valence-electron chi connectivity index (χ3n) is 4.56. The Bertz CT molecular complexity index is 665. The second kappa shape index (κ2) is 5.65. The highest BCUT2D eigenvalue weighted by atomic mass is 28.3. The van der Waals surface area contributed by atoms with Crippen LogP contribution in [0.5, 0.6) is 0 Å². The molecule has 2 aromatic rings. The number of allylic oxidation sites excluding steroid dienone is 1. The van der Waals surface area contributed by atoms with Crippen molar-refractivity contribution in [3.63, 3.8) is 0 Å². The summed E-state index contributed by atoms with van der Waals surface area (Å²) in [6, 6.07) is 17.7. The second-order valence-corrected chi connectivity index (χ2v) is 9.85. The lowest BCUT2D eigenvalue weighted by molar-refractivity contribution is 0.741. The van der Waals surface area contributed by atoms with Crippen LogP contribution in [0, 0.1) is 5.92 Å². The maximum absolute atomic E-state index is 2.49. The van der Waals surface area contributed by atoms with E-state index in [-0.39, 0.29) is 0 Å². The van der Waals surface area contributed by atoms with Crippen LogP contribution in [0.3, 0.4) is 0 Å². The van der Waals surface area contributed by atoms with Gasteiger partial charge >= 0.3 is 0 Å². The molecule has 108 valence electrons. The largest absolute Gasteiger partial charge is 0.0714 e. The van der Waals surface area contributed by atoms with E-state index in [4.69, 9.17) is 0 Å². The van der Waals surface area contributed by atoms with Crippen LogP contribution in [0.15, 0.2) is 54.1 Å². The predicted octanol–water partition coefficient (Wildman–Crippen LogP) is 5.52. The molecule has 0 heterocycles. The zero-order chi connectivity index (χ0) is 15.0. The molecular formula is C20H24Si. The van der Waals surface area contributed by atoms with Crippen molar-refractivity contribution in [1.29, 1.82) is 0 Å². The van der Waals surface area contributed by atoms with E-state index >= 15 is 0 Å². The molecule has 0 saturated heterocycles. The van der Waals surface area contributed by atoms with Crippen LogP contribution < -0.4 is 0 Å². The molecule has 21 heavy (non-hydrogen) atoms. The zero-order valence-corrected chi connectivity index (χ0v) is 14.6. The second-order valence-electron chi connectivity index (χ2n) is 6.70. The maximum atomic E-state index is 2.49. The Kier molecular flexibility index (Phi) is 3.86. The van der Waals surface area contributed by atoms with E-state index in [1.165, 1.54) is 16.7 Å². The van der Waals surface area contributed by atoms with Gasteiger partial charge in [0, 0.05) is 8.80 Å². The van der Waals surface area contributed by atoms with Gasteiger partial charge in [-0.15, -0.1) is 0 Å². The van der Waals surface area contributed by atoms with Crippen molar-refractivity contribution in [2.75, 3.05) is 0 Å². The van der Waals surface area contributed by atoms with Crippen molar-refractivity contribution in [3.05, 3.63) is 65.2 Å². The highest BCUT2D eigenvalue weighted by Crippen LogP contribution is 2.44. The Morgan fingerprint density at radius 3 is 2.24 bits per heavy atom. The molecule has 0 amide bonds. The highest BCUT2D eigenvalue weighted by molar-refractivity contribution is 6.58. The van der Waals surface area contributed by atoms with Crippen LogP contribution in [0.2, 0.25) is 13.1 Å². The molecular weight excluding hydrogens is 268 g/mol. The first kappa shape index (κ1) is 14.3. The fraction of sp³-hybridized carbons (Fsp3) is 0.300. The van der Waals surface area contributed by atoms with Crippen LogP contribution in [-0.2, 0) is 0 Å². The molecule has 2 aromatic carbocycles. The zero-order valence-electron chi connectivity index (χ0n) is 13.4. The predicted molar refractivity (Wildman–Crippen MR) is 96.3 cm³/mol. The van der Waals surface area contributed by atoms with Gasteiger partial charge in [0.2, 0.25) is 0 Å². The molecule has 3 rings (SSSR count). The summed E-state index contributed by atoms with van der Waals surface area (Å²) in [4.78, 5) is 0. The Labute approximate surface area is 130 Å². The summed E-state index contributed by atoms with van der Waals surface area (Å²) in [6.07, 6.45) is 2.49. The standard InChI is InChI=1S/C20H24Si/c1-14(2)18-13-19-16(15-9-6-5-7-10-15)11-8-12-17(19)20(18)21(3)4/h5-14,20-21H,1-4H3. The van der Waals surface area contributed by atoms with E-state index in [2.05, 4.69) is 81.5 Å². The number of hydrogen-bond donors (Lipinski definition) is 0. The Morgan fingerprint density at radius 2 is 1.62 bits per heavy atom. The van der Waals surface area contributed by atoms with Crippen molar-refractivity contribution in [3.8, 4) is 11.1 Å². The molecule has 0 saturated carbocycles. The molecule has 0 bridgehead atoms. The number of fused-ring (bicyclic) bond motifs is 1. The minimum absolute atomic E-state index is 0.640. The van der Waals surface area contributed by atoms with E-state index in [1.54, 1.807) is 11.1 Å². The summed E-state index contributed by atoms with van der Waals surface area (Å²) >= 11 is 0. The van der Waals surface area contributed by atoms with E-state index in [0.717, 1.165) is 0 Å². The third-order valence-corrected chi connectivity index (χ3v) is 6.64. The lowest BCUT2D eigenvalue weighted by atomic mass is 9.97. The molecule has 0 nitrogen and oxygen atoms in total. The van der Waals surface area contributed by atoms with E-state index < -0.39 is 8.80 Å². The maximum Gasteiger partial charge on any atom is 0.0440 e. The molecule has 1 heteroatoms. The molecule has 0 aliphatic heterocycles. The van der Waals surface area contributed by atoms with Gasteiger partial charge in [0.05, 0.1) is 0 Å². The summed E-state index contributed by atoms with van der Waals surface area (Å²) in [5, 5.41) is 0. The molecule has 0 aromatic heterocycles. The minimum Gasteiger partial charge on any atom is -0.0714 e. The quantitative estimate of drug-likeness (QED) is 0.654. The Hall–Kier alpha value is -1.60. The lowest BCUT2D eigenvalue weighted by Gasteiger charge is -2.22. The van der Waals surface area contributed by atoms with Crippen molar-refractivity contribution in [1.82, 2.24) is 0 Å². The molecule has 0 N–H and O–H groups in total. The van der Waals surface area contributed by atoms with Gasteiger partial charge in [0.25, 0.3) is 0 Å². The monoisotopic (exact) mass is 292 g/mol. The fourth-order valence-electron chi connectivity index (χ4n) is 3.59. The van der Waals surface area contributed by atoms with Crippen molar-refractivity contribution in [2.24, 2.45) is 5.92 Å². The Balaban J connectivity index is 2.18. The third kappa shape index (κ3) is 2.51. The molecule has 0 radical (unpaired) electrons. The van der Waals surface area contributed by atoms with Gasteiger partial charge in [-0.05, 0) is 33.7 Å². The molecule has 0 spiro atoms. The molecule has 0 fully saturated rings. The SMILES string of the molecule is CC(C)C1=Cc2c(-c3ccccc3)cccc2C1[SiH](C)C. The van der Waals surface area contributed by atoms with Gasteiger partial charge in [-0.25, -0.2) is 0 Å². The van der Waals surface area contributed by atoms with Gasteiger partial charge in [0.15, 0.2) is 0 Å². The highest BCUT2D eigenvalue weighted by Gasteiger charge is 2.30. The first-order valence-electron chi connectivity index (χ1n) is 7.99. The summed E-state index contributed by atoms with van der Waals surface area (Å²) in [5.74, 6) is 0.640. The molecule has 1 aliphatic rings. The summed E-state index contributed by atoms with van der Waals surface area (Å²) in [6.45, 7) is 9.63. The fourth-order valence-corrected chi connectivity index (χ4v) is 5.85. The normalized spacial score (nSPS) is 17.2. The average molecular weight is 292 g/mol. The van der Waals surface area contributed by atoms with Gasteiger partial charge in [-0.1, -0.05) is 87.1 Å². The van der Waals surface area contributed by atoms with Gasteiger partial charge in [0.1, 0.15) is 0 Å². The molecule has 1 aliphatic carbocycles. The lowest BCUT2D eigenvalue weighted by Crippen LogP contribution is -2.18. The van der Waals surface area contributed by atoms with Gasteiger partial charge in [-0.2, -0.15) is 0 Å². The van der Waals surface area contributed by atoms with E-state index in [0.29, 0.717) is 11.5 Å². The van der Waals surface area contributed by atoms with Crippen LogP contribution in [-0.4, -0.2) is 8.80 Å². The van der Waals surface area contributed by atoms with E-state index in [1.807, 2.05) is 0 Å². The first-order valence-corrected chi connectivity index (χ1v) is 11.0. The van der Waals surface area contributed by atoms with Crippen molar-refractivity contribution < 1.29 is 0 Å². The average Bonchev–Trinajstić information content (AvgIpc) is 2.87. The first-order chi connectivity index (χ1) is 10.1. The van der Waals surface area contributed by atoms with Crippen molar-refractivity contribution in [2.45, 2.75) is 32.5 Å². The van der Waals surface area contributed by atoms with Gasteiger partial charge in [-0.3, -0.25) is 0 Å². The van der Waals surface area contributed by atoms with Gasteiger partial charge < -0.3 is 0 Å². The Morgan fingerprint density at radius 1 is 0.905 bits per heavy atom. The number of rotatable bonds is 3. The van der Waals surface area contributed by atoms with Crippen LogP contribution >= 0.6 is 0 Å². The molecule has 1 unspecified atom stereocenters. The van der Waals surface area contributed by atoms with E-state index in [9.17, 15) is 0 Å². The van der Waals surface area contributed by atoms with Crippen LogP contribution in [0.1, 0.15) is 30.5 Å². The topological polar surface area (TPSA) is 0 Å². The minimum atomic E-state index is -0.757. The summed E-state index contributed by atoms with van der Waals surface area (Å²) in [7, 11) is -0.757. The summed E-state index contributed by atoms with van der Waals surface area (Å²) < 4.78 is 0. The summed E-state index contributed by atoms with van der Waals surface area (Å²) in [5.41, 5.74) is 8.13. The number of benzene rings is 2. The molecule has 1 atom stereocenters. The number of hydrogen-bond acceptors (Lipinski definition) is 0. The van der Waals surface area contributed by atoms with Crippen molar-refractivity contribution >= 4 is 14.9 Å². The van der Waals surface area contributed by atoms with Crippen LogP contribution in [0.4, 0.5) is 0 Å².